The van der Waals surface area contributed by atoms with E-state index in [0.717, 1.165) is 44.5 Å². The molecule has 2 aliphatic rings. The summed E-state index contributed by atoms with van der Waals surface area (Å²) in [6.07, 6.45) is 5.04. The Hall–Kier alpha value is -1.39. The molecule has 5 nitrogen and oxygen atoms in total. The molecule has 0 aromatic heterocycles. The van der Waals surface area contributed by atoms with E-state index in [1.54, 1.807) is 4.90 Å². The molecule has 2 rings (SSSR count). The van der Waals surface area contributed by atoms with Crippen LogP contribution in [-0.2, 0) is 9.59 Å². The van der Waals surface area contributed by atoms with E-state index in [2.05, 4.69) is 17.2 Å². The molecule has 1 saturated heterocycles. The summed E-state index contributed by atoms with van der Waals surface area (Å²) in [5.74, 6) is 0.897. The Balaban J connectivity index is 2.10. The van der Waals surface area contributed by atoms with Crippen LogP contribution in [0.4, 0.5) is 0 Å². The number of likely N-dealkylation sites (tertiary alicyclic amines) is 1. The van der Waals surface area contributed by atoms with Crippen molar-refractivity contribution < 1.29 is 9.59 Å². The molecule has 0 radical (unpaired) electrons. The van der Waals surface area contributed by atoms with E-state index in [1.165, 1.54) is 0 Å². The topological polar surface area (TPSA) is 61.8 Å². The SMILES string of the molecule is CCCCC1=NC2(CCCN(C(=O)CC)C2)C(=O)N1. The summed E-state index contributed by atoms with van der Waals surface area (Å²) >= 11 is 0. The average Bonchev–Trinajstić information content (AvgIpc) is 2.72. The van der Waals surface area contributed by atoms with Crippen LogP contribution in [-0.4, -0.2) is 41.2 Å². The summed E-state index contributed by atoms with van der Waals surface area (Å²) in [7, 11) is 0. The third kappa shape index (κ3) is 2.80. The van der Waals surface area contributed by atoms with Crippen LogP contribution in [0, 0.1) is 0 Å². The maximum Gasteiger partial charge on any atom is 0.255 e. The van der Waals surface area contributed by atoms with Gasteiger partial charge in [0.15, 0.2) is 5.54 Å². The second-order valence-electron chi connectivity index (χ2n) is 5.42. The summed E-state index contributed by atoms with van der Waals surface area (Å²) in [6.45, 7) is 5.17. The Kier molecular flexibility index (Phi) is 4.22. The van der Waals surface area contributed by atoms with E-state index in [0.29, 0.717) is 13.0 Å². The zero-order chi connectivity index (χ0) is 13.9. The van der Waals surface area contributed by atoms with Gasteiger partial charge in [-0.25, -0.2) is 0 Å². The largest absolute Gasteiger partial charge is 0.340 e. The van der Waals surface area contributed by atoms with Gasteiger partial charge in [0, 0.05) is 19.4 Å². The fourth-order valence-corrected chi connectivity index (χ4v) is 2.80. The molecule has 1 fully saturated rings. The molecule has 0 bridgehead atoms. The van der Waals surface area contributed by atoms with Crippen molar-refractivity contribution in [3.63, 3.8) is 0 Å². The summed E-state index contributed by atoms with van der Waals surface area (Å²) in [5.41, 5.74) is -0.702. The lowest BCUT2D eigenvalue weighted by Crippen LogP contribution is -2.54. The van der Waals surface area contributed by atoms with Crippen molar-refractivity contribution in [2.75, 3.05) is 13.1 Å². The smallest absolute Gasteiger partial charge is 0.255 e. The van der Waals surface area contributed by atoms with Crippen LogP contribution in [0.25, 0.3) is 0 Å². The number of piperidine rings is 1. The Morgan fingerprint density at radius 1 is 1.47 bits per heavy atom. The van der Waals surface area contributed by atoms with Gasteiger partial charge in [-0.05, 0) is 19.3 Å². The normalized spacial score (nSPS) is 26.5. The zero-order valence-corrected chi connectivity index (χ0v) is 11.9. The third-order valence-electron chi connectivity index (χ3n) is 3.92. The molecule has 1 spiro atoms. The van der Waals surface area contributed by atoms with Crippen LogP contribution >= 0.6 is 0 Å². The fraction of sp³-hybridized carbons (Fsp3) is 0.786. The van der Waals surface area contributed by atoms with Crippen molar-refractivity contribution in [2.24, 2.45) is 4.99 Å². The maximum atomic E-state index is 12.2. The fourth-order valence-electron chi connectivity index (χ4n) is 2.80. The minimum atomic E-state index is -0.702. The minimum Gasteiger partial charge on any atom is -0.340 e. The molecule has 1 atom stereocenters. The molecule has 0 aliphatic carbocycles. The van der Waals surface area contributed by atoms with Crippen molar-refractivity contribution >= 4 is 17.6 Å². The molecule has 0 saturated carbocycles. The van der Waals surface area contributed by atoms with E-state index >= 15 is 0 Å². The van der Waals surface area contributed by atoms with Gasteiger partial charge < -0.3 is 10.2 Å². The standard InChI is InChI=1S/C14H23N3O2/c1-3-5-7-11-15-13(19)14(16-11)8-6-9-17(10-14)12(18)4-2/h3-10H2,1-2H3,(H,15,16,19). The first kappa shape index (κ1) is 14.0. The summed E-state index contributed by atoms with van der Waals surface area (Å²) in [4.78, 5) is 30.4. The first-order valence-corrected chi connectivity index (χ1v) is 7.29. The van der Waals surface area contributed by atoms with Crippen molar-refractivity contribution in [1.82, 2.24) is 10.2 Å². The molecular formula is C14H23N3O2. The Morgan fingerprint density at radius 2 is 2.26 bits per heavy atom. The Bertz CT molecular complexity index is 405. The second kappa shape index (κ2) is 5.72. The summed E-state index contributed by atoms with van der Waals surface area (Å²) < 4.78 is 0. The maximum absolute atomic E-state index is 12.2. The molecule has 1 unspecified atom stereocenters. The number of rotatable bonds is 4. The Morgan fingerprint density at radius 3 is 2.95 bits per heavy atom. The number of unbranched alkanes of at least 4 members (excludes halogenated alkanes) is 1. The zero-order valence-electron chi connectivity index (χ0n) is 11.9. The monoisotopic (exact) mass is 265 g/mol. The molecule has 2 amide bonds. The van der Waals surface area contributed by atoms with Crippen LogP contribution in [0.3, 0.4) is 0 Å². The molecule has 106 valence electrons. The van der Waals surface area contributed by atoms with E-state index < -0.39 is 5.54 Å². The second-order valence-corrected chi connectivity index (χ2v) is 5.42. The number of aliphatic imine (C=N–C) groups is 1. The number of carbonyl (C=O) groups is 2. The van der Waals surface area contributed by atoms with E-state index in [-0.39, 0.29) is 11.8 Å². The minimum absolute atomic E-state index is 0.0211. The third-order valence-corrected chi connectivity index (χ3v) is 3.92. The van der Waals surface area contributed by atoms with Crippen molar-refractivity contribution in [1.29, 1.82) is 0 Å². The van der Waals surface area contributed by atoms with E-state index in [4.69, 9.17) is 0 Å². The highest BCUT2D eigenvalue weighted by molar-refractivity contribution is 6.08. The van der Waals surface area contributed by atoms with E-state index in [1.807, 2.05) is 6.92 Å². The highest BCUT2D eigenvalue weighted by atomic mass is 16.2. The quantitative estimate of drug-likeness (QED) is 0.837. The first-order chi connectivity index (χ1) is 9.11. The van der Waals surface area contributed by atoms with Crippen LogP contribution in [0.5, 0.6) is 0 Å². The van der Waals surface area contributed by atoms with Crippen LogP contribution < -0.4 is 5.32 Å². The predicted molar refractivity (Wildman–Crippen MR) is 73.9 cm³/mol. The highest BCUT2D eigenvalue weighted by Gasteiger charge is 2.46. The summed E-state index contributed by atoms with van der Waals surface area (Å²) in [6, 6.07) is 0. The molecule has 5 heteroatoms. The lowest BCUT2D eigenvalue weighted by Gasteiger charge is -2.36. The van der Waals surface area contributed by atoms with Crippen molar-refractivity contribution in [3.05, 3.63) is 0 Å². The van der Waals surface area contributed by atoms with Gasteiger partial charge in [0.25, 0.3) is 5.91 Å². The average molecular weight is 265 g/mol. The van der Waals surface area contributed by atoms with Gasteiger partial charge in [0.2, 0.25) is 5.91 Å². The molecule has 0 aromatic carbocycles. The molecule has 1 N–H and O–H groups in total. The van der Waals surface area contributed by atoms with Crippen molar-refractivity contribution in [2.45, 2.75) is 57.9 Å². The molecule has 0 aromatic rings. The Labute approximate surface area is 114 Å². The lowest BCUT2D eigenvalue weighted by molar-refractivity contribution is -0.135. The molecule has 2 heterocycles. The first-order valence-electron chi connectivity index (χ1n) is 7.29. The van der Waals surface area contributed by atoms with Gasteiger partial charge in [-0.3, -0.25) is 14.6 Å². The van der Waals surface area contributed by atoms with Gasteiger partial charge in [-0.15, -0.1) is 0 Å². The lowest BCUT2D eigenvalue weighted by atomic mass is 9.89. The number of hydrogen-bond acceptors (Lipinski definition) is 3. The number of hydrogen-bond donors (Lipinski definition) is 1. The molecular weight excluding hydrogens is 242 g/mol. The van der Waals surface area contributed by atoms with Gasteiger partial charge in [0.1, 0.15) is 5.84 Å². The van der Waals surface area contributed by atoms with Gasteiger partial charge in [0.05, 0.1) is 6.54 Å². The van der Waals surface area contributed by atoms with Crippen molar-refractivity contribution in [3.8, 4) is 0 Å². The van der Waals surface area contributed by atoms with Gasteiger partial charge >= 0.3 is 0 Å². The van der Waals surface area contributed by atoms with Gasteiger partial charge in [-0.2, -0.15) is 0 Å². The van der Waals surface area contributed by atoms with E-state index in [9.17, 15) is 9.59 Å². The number of amidine groups is 1. The number of carbonyl (C=O) groups excluding carboxylic acids is 2. The predicted octanol–water partition coefficient (Wildman–Crippen LogP) is 1.48. The molecule has 2 aliphatic heterocycles. The van der Waals surface area contributed by atoms with Crippen LogP contribution in [0.2, 0.25) is 0 Å². The van der Waals surface area contributed by atoms with Crippen LogP contribution in [0.15, 0.2) is 4.99 Å². The number of nitrogens with zero attached hydrogens (tertiary/aromatic N) is 2. The summed E-state index contributed by atoms with van der Waals surface area (Å²) in [5, 5.41) is 2.90. The highest BCUT2D eigenvalue weighted by Crippen LogP contribution is 2.29. The van der Waals surface area contributed by atoms with Gasteiger partial charge in [-0.1, -0.05) is 20.3 Å². The van der Waals surface area contributed by atoms with Crippen LogP contribution in [0.1, 0.15) is 52.4 Å². The number of nitrogens with one attached hydrogen (secondary N) is 1. The number of amides is 2. The molecule has 19 heavy (non-hydrogen) atoms.